The minimum absolute atomic E-state index is 0.0110. The number of para-hydroxylation sites is 3. The van der Waals surface area contributed by atoms with E-state index in [0.717, 1.165) is 17.7 Å². The third kappa shape index (κ3) is 3.55. The van der Waals surface area contributed by atoms with E-state index >= 15 is 0 Å². The van der Waals surface area contributed by atoms with Crippen molar-refractivity contribution in [2.24, 2.45) is 0 Å². The molecule has 2 heterocycles. The van der Waals surface area contributed by atoms with Gasteiger partial charge in [0.2, 0.25) is 0 Å². The minimum Gasteiger partial charge on any atom is -0.452 e. The third-order valence-electron chi connectivity index (χ3n) is 5.21. The maximum absolute atomic E-state index is 12.9. The molecular formula is C22H22N2O5. The zero-order valence-corrected chi connectivity index (χ0v) is 16.3. The van der Waals surface area contributed by atoms with Gasteiger partial charge in [-0.2, -0.15) is 0 Å². The molecular weight excluding hydrogens is 372 g/mol. The summed E-state index contributed by atoms with van der Waals surface area (Å²) in [6.07, 6.45) is -0.166. The van der Waals surface area contributed by atoms with Crippen LogP contribution < -0.4 is 10.7 Å². The highest BCUT2D eigenvalue weighted by Gasteiger charge is 2.34. The number of aryl methyl sites for hydroxylation is 1. The molecule has 0 spiro atoms. The number of fused-ring (bicyclic) bond motifs is 2. The smallest absolute Gasteiger partial charge is 0.419 e. The summed E-state index contributed by atoms with van der Waals surface area (Å²) in [5, 5.41) is 0. The number of carbonyl (C=O) groups excluding carboxylic acids is 2. The summed E-state index contributed by atoms with van der Waals surface area (Å²) < 4.78 is 11.9. The molecule has 4 rings (SSSR count). The van der Waals surface area contributed by atoms with E-state index in [1.807, 2.05) is 31.2 Å². The molecule has 0 bridgehead atoms. The topological polar surface area (TPSA) is 81.8 Å². The number of benzene rings is 2. The van der Waals surface area contributed by atoms with Gasteiger partial charge in [0.1, 0.15) is 0 Å². The van der Waals surface area contributed by atoms with Crippen molar-refractivity contribution in [3.05, 3.63) is 64.6 Å². The Hall–Kier alpha value is -3.35. The van der Waals surface area contributed by atoms with Gasteiger partial charge in [0, 0.05) is 18.3 Å². The summed E-state index contributed by atoms with van der Waals surface area (Å²) in [6, 6.07) is 14.8. The zero-order valence-electron chi connectivity index (χ0n) is 16.3. The van der Waals surface area contributed by atoms with E-state index in [0.29, 0.717) is 11.1 Å². The van der Waals surface area contributed by atoms with Crippen molar-refractivity contribution < 1.29 is 18.7 Å². The van der Waals surface area contributed by atoms with Crippen molar-refractivity contribution in [1.29, 1.82) is 0 Å². The molecule has 1 aromatic heterocycles. The van der Waals surface area contributed by atoms with E-state index < -0.39 is 17.8 Å². The Balaban J connectivity index is 1.40. The summed E-state index contributed by atoms with van der Waals surface area (Å²) in [5.41, 5.74) is 3.07. The summed E-state index contributed by atoms with van der Waals surface area (Å²) in [4.78, 5) is 38.9. The van der Waals surface area contributed by atoms with Crippen LogP contribution in [0.1, 0.15) is 25.8 Å². The Morgan fingerprint density at radius 3 is 2.72 bits per heavy atom. The highest BCUT2D eigenvalue weighted by Crippen LogP contribution is 2.32. The first-order valence-electron chi connectivity index (χ1n) is 9.64. The van der Waals surface area contributed by atoms with E-state index in [4.69, 9.17) is 9.15 Å². The number of hydrogen-bond donors (Lipinski definition) is 0. The van der Waals surface area contributed by atoms with Crippen molar-refractivity contribution >= 4 is 28.7 Å². The van der Waals surface area contributed by atoms with Crippen LogP contribution in [-0.2, 0) is 27.3 Å². The van der Waals surface area contributed by atoms with E-state index in [9.17, 15) is 14.4 Å². The van der Waals surface area contributed by atoms with Crippen molar-refractivity contribution in [2.45, 2.75) is 45.4 Å². The van der Waals surface area contributed by atoms with Gasteiger partial charge >= 0.3 is 11.7 Å². The number of nitrogens with zero attached hydrogens (tertiary/aromatic N) is 2. The Morgan fingerprint density at radius 1 is 1.17 bits per heavy atom. The summed E-state index contributed by atoms with van der Waals surface area (Å²) >= 11 is 0. The second-order valence-corrected chi connectivity index (χ2v) is 7.26. The van der Waals surface area contributed by atoms with Gasteiger partial charge in [-0.05, 0) is 44.0 Å². The molecule has 1 amide bonds. The molecule has 2 atom stereocenters. The summed E-state index contributed by atoms with van der Waals surface area (Å²) in [5.74, 6) is -1.31. The fourth-order valence-corrected chi connectivity index (χ4v) is 3.83. The minimum atomic E-state index is -0.908. The lowest BCUT2D eigenvalue weighted by Gasteiger charge is -2.25. The average molecular weight is 394 g/mol. The normalized spacial score (nSPS) is 16.6. The van der Waals surface area contributed by atoms with Gasteiger partial charge in [-0.25, -0.2) is 4.79 Å². The SMILES string of the molecule is C[C@@H]1Cc2ccccc2N1C(=O)[C@@H](C)OC(=O)CCn1c(=O)oc2ccccc21. The number of esters is 1. The first kappa shape index (κ1) is 19.0. The third-order valence-corrected chi connectivity index (χ3v) is 5.21. The van der Waals surface area contributed by atoms with Crippen LogP contribution in [0.3, 0.4) is 0 Å². The van der Waals surface area contributed by atoms with Crippen molar-refractivity contribution in [3.8, 4) is 0 Å². The molecule has 29 heavy (non-hydrogen) atoms. The first-order valence-corrected chi connectivity index (χ1v) is 9.64. The molecule has 0 unspecified atom stereocenters. The molecule has 0 saturated heterocycles. The molecule has 1 aliphatic rings. The molecule has 0 aliphatic carbocycles. The predicted molar refractivity (Wildman–Crippen MR) is 108 cm³/mol. The Bertz CT molecular complexity index is 1130. The molecule has 0 radical (unpaired) electrons. The fourth-order valence-electron chi connectivity index (χ4n) is 3.83. The highest BCUT2D eigenvalue weighted by molar-refractivity contribution is 5.99. The molecule has 3 aromatic rings. The van der Waals surface area contributed by atoms with Gasteiger partial charge in [-0.3, -0.25) is 14.2 Å². The predicted octanol–water partition coefficient (Wildman–Crippen LogP) is 2.89. The van der Waals surface area contributed by atoms with Gasteiger partial charge in [-0.1, -0.05) is 30.3 Å². The maximum Gasteiger partial charge on any atom is 0.419 e. The largest absolute Gasteiger partial charge is 0.452 e. The van der Waals surface area contributed by atoms with E-state index in [-0.39, 0.29) is 24.9 Å². The van der Waals surface area contributed by atoms with Crippen molar-refractivity contribution in [1.82, 2.24) is 4.57 Å². The standard InChI is InChI=1S/C22H22N2O5/c1-14-13-16-7-3-4-8-17(16)24(14)21(26)15(2)28-20(25)11-12-23-18-9-5-6-10-19(18)29-22(23)27/h3-10,14-15H,11-13H2,1-2H3/t14-,15-/m1/s1. The van der Waals surface area contributed by atoms with Crippen LogP contribution in [0.4, 0.5) is 5.69 Å². The molecule has 2 aromatic carbocycles. The fraction of sp³-hybridized carbons (Fsp3) is 0.318. The molecule has 7 heteroatoms. The number of amides is 1. The van der Waals surface area contributed by atoms with E-state index in [1.165, 1.54) is 4.57 Å². The average Bonchev–Trinajstić information content (AvgIpc) is 3.20. The molecule has 7 nitrogen and oxygen atoms in total. The second kappa shape index (κ2) is 7.58. The summed E-state index contributed by atoms with van der Waals surface area (Å²) in [7, 11) is 0. The van der Waals surface area contributed by atoms with Gasteiger partial charge in [0.25, 0.3) is 5.91 Å². The number of anilines is 1. The number of oxazole rings is 1. The number of carbonyl (C=O) groups is 2. The van der Waals surface area contributed by atoms with E-state index in [1.54, 1.807) is 36.1 Å². The highest BCUT2D eigenvalue weighted by atomic mass is 16.5. The first-order chi connectivity index (χ1) is 14.0. The molecule has 0 N–H and O–H groups in total. The van der Waals surface area contributed by atoms with Crippen LogP contribution in [0.2, 0.25) is 0 Å². The Kier molecular flexibility index (Phi) is 4.96. The number of aromatic nitrogens is 1. The molecule has 0 fully saturated rings. The monoisotopic (exact) mass is 394 g/mol. The Morgan fingerprint density at radius 2 is 1.90 bits per heavy atom. The van der Waals surface area contributed by atoms with Gasteiger partial charge < -0.3 is 14.1 Å². The van der Waals surface area contributed by atoms with Crippen LogP contribution in [0.15, 0.2) is 57.7 Å². The van der Waals surface area contributed by atoms with Crippen LogP contribution in [-0.4, -0.2) is 28.6 Å². The lowest BCUT2D eigenvalue weighted by molar-refractivity contribution is -0.154. The molecule has 150 valence electrons. The second-order valence-electron chi connectivity index (χ2n) is 7.26. The Labute approximate surface area is 167 Å². The lowest BCUT2D eigenvalue weighted by atomic mass is 10.1. The quantitative estimate of drug-likeness (QED) is 0.622. The number of rotatable bonds is 5. The number of hydrogen-bond acceptors (Lipinski definition) is 5. The molecule has 0 saturated carbocycles. The zero-order chi connectivity index (χ0) is 20.5. The van der Waals surface area contributed by atoms with Crippen molar-refractivity contribution in [2.75, 3.05) is 4.90 Å². The number of ether oxygens (including phenoxy) is 1. The van der Waals surface area contributed by atoms with Gasteiger partial charge in [0.15, 0.2) is 11.7 Å². The van der Waals surface area contributed by atoms with Crippen LogP contribution in [0.5, 0.6) is 0 Å². The maximum atomic E-state index is 12.9. The lowest BCUT2D eigenvalue weighted by Crippen LogP contribution is -2.43. The van der Waals surface area contributed by atoms with Gasteiger partial charge in [-0.15, -0.1) is 0 Å². The van der Waals surface area contributed by atoms with Crippen molar-refractivity contribution in [3.63, 3.8) is 0 Å². The molecule has 1 aliphatic heterocycles. The van der Waals surface area contributed by atoms with Gasteiger partial charge in [0.05, 0.1) is 11.9 Å². The van der Waals surface area contributed by atoms with Crippen LogP contribution >= 0.6 is 0 Å². The van der Waals surface area contributed by atoms with E-state index in [2.05, 4.69) is 0 Å². The summed E-state index contributed by atoms with van der Waals surface area (Å²) in [6.45, 7) is 3.68. The van der Waals surface area contributed by atoms with Crippen LogP contribution in [0, 0.1) is 0 Å². The van der Waals surface area contributed by atoms with Crippen LogP contribution in [0.25, 0.3) is 11.1 Å².